The average Bonchev–Trinajstić information content (AvgIpc) is 2.76. The van der Waals surface area contributed by atoms with E-state index in [1.807, 2.05) is 36.5 Å². The van der Waals surface area contributed by atoms with Crippen LogP contribution in [0.25, 0.3) is 32.8 Å². The minimum Gasteiger partial charge on any atom is -0.294 e. The molecule has 4 heteroatoms. The molecular weight excluding hydrogens is 346 g/mol. The van der Waals surface area contributed by atoms with Gasteiger partial charge in [0.15, 0.2) is 0 Å². The van der Waals surface area contributed by atoms with Gasteiger partial charge in [-0.1, -0.05) is 48.5 Å². The maximum atomic E-state index is 12.7. The number of rotatable bonds is 3. The predicted octanol–water partition coefficient (Wildman–Crippen LogP) is 4.66. The van der Waals surface area contributed by atoms with Gasteiger partial charge in [-0.05, 0) is 46.3 Å². The average molecular weight is 363 g/mol. The van der Waals surface area contributed by atoms with E-state index < -0.39 is 0 Å². The fourth-order valence-electron chi connectivity index (χ4n) is 3.48. The molecule has 5 aromatic rings. The Morgan fingerprint density at radius 1 is 0.821 bits per heavy atom. The van der Waals surface area contributed by atoms with Crippen molar-refractivity contribution in [2.24, 2.45) is 0 Å². The Hall–Kier alpha value is -3.79. The molecule has 0 N–H and O–H groups in total. The van der Waals surface area contributed by atoms with Crippen LogP contribution in [0.5, 0.6) is 0 Å². The number of fused-ring (bicyclic) bond motifs is 2. The first-order valence-corrected chi connectivity index (χ1v) is 9.15. The molecule has 0 atom stereocenters. The smallest absolute Gasteiger partial charge is 0.261 e. The van der Waals surface area contributed by atoms with E-state index in [1.54, 1.807) is 17.1 Å². The van der Waals surface area contributed by atoms with Gasteiger partial charge in [-0.3, -0.25) is 14.3 Å². The van der Waals surface area contributed by atoms with Gasteiger partial charge < -0.3 is 0 Å². The lowest BCUT2D eigenvalue weighted by molar-refractivity contribution is 0.748. The van der Waals surface area contributed by atoms with Crippen LogP contribution in [0.2, 0.25) is 0 Å². The standard InChI is InChI=1S/C24H17N3O/c28-24-22-3-1-2-4-23(22)26-16-27(24)15-17-5-7-18(8-6-17)20-10-9-19-11-12-25-14-21(19)13-20/h1-14,16H,15H2. The summed E-state index contributed by atoms with van der Waals surface area (Å²) in [5.41, 5.74) is 4.06. The molecule has 2 aromatic heterocycles. The molecule has 0 aliphatic heterocycles. The first kappa shape index (κ1) is 16.4. The highest BCUT2D eigenvalue weighted by Gasteiger charge is 2.05. The van der Waals surface area contributed by atoms with Crippen LogP contribution in [-0.2, 0) is 6.54 Å². The van der Waals surface area contributed by atoms with Gasteiger partial charge in [-0.2, -0.15) is 0 Å². The van der Waals surface area contributed by atoms with Crippen LogP contribution in [-0.4, -0.2) is 14.5 Å². The number of para-hydroxylation sites is 1. The second kappa shape index (κ2) is 6.74. The molecule has 28 heavy (non-hydrogen) atoms. The van der Waals surface area contributed by atoms with Gasteiger partial charge in [0.05, 0.1) is 23.8 Å². The summed E-state index contributed by atoms with van der Waals surface area (Å²) in [6.07, 6.45) is 5.31. The van der Waals surface area contributed by atoms with E-state index in [0.717, 1.165) is 27.6 Å². The molecule has 0 radical (unpaired) electrons. The van der Waals surface area contributed by atoms with Crippen LogP contribution in [0, 0.1) is 0 Å². The zero-order valence-corrected chi connectivity index (χ0v) is 15.1. The van der Waals surface area contributed by atoms with Crippen LogP contribution in [0.4, 0.5) is 0 Å². The van der Waals surface area contributed by atoms with Gasteiger partial charge in [-0.15, -0.1) is 0 Å². The first-order valence-electron chi connectivity index (χ1n) is 9.15. The van der Waals surface area contributed by atoms with Gasteiger partial charge in [-0.25, -0.2) is 4.98 Å². The molecule has 0 aliphatic carbocycles. The summed E-state index contributed by atoms with van der Waals surface area (Å²) in [5, 5.41) is 2.95. The van der Waals surface area contributed by atoms with Crippen molar-refractivity contribution in [2.45, 2.75) is 6.54 Å². The molecule has 0 amide bonds. The normalized spacial score (nSPS) is 11.1. The van der Waals surface area contributed by atoms with Crippen molar-refractivity contribution in [3.05, 3.63) is 107 Å². The van der Waals surface area contributed by atoms with Crippen molar-refractivity contribution < 1.29 is 0 Å². The molecule has 0 bridgehead atoms. The van der Waals surface area contributed by atoms with Crippen molar-refractivity contribution in [1.29, 1.82) is 0 Å². The first-order chi connectivity index (χ1) is 13.8. The maximum Gasteiger partial charge on any atom is 0.261 e. The van der Waals surface area contributed by atoms with E-state index >= 15 is 0 Å². The Morgan fingerprint density at radius 2 is 1.64 bits per heavy atom. The van der Waals surface area contributed by atoms with Gasteiger partial charge in [0.1, 0.15) is 0 Å². The summed E-state index contributed by atoms with van der Waals surface area (Å²) >= 11 is 0. The molecule has 0 spiro atoms. The van der Waals surface area contributed by atoms with Crippen molar-refractivity contribution in [3.8, 4) is 11.1 Å². The molecular formula is C24H17N3O. The lowest BCUT2D eigenvalue weighted by atomic mass is 10.0. The third-order valence-corrected chi connectivity index (χ3v) is 5.01. The minimum atomic E-state index is -0.0169. The highest BCUT2D eigenvalue weighted by atomic mass is 16.1. The predicted molar refractivity (Wildman–Crippen MR) is 112 cm³/mol. The molecule has 5 rings (SSSR count). The highest BCUT2D eigenvalue weighted by Crippen LogP contribution is 2.24. The molecule has 0 unspecified atom stereocenters. The van der Waals surface area contributed by atoms with Gasteiger partial charge in [0.25, 0.3) is 5.56 Å². The summed E-state index contributed by atoms with van der Waals surface area (Å²) in [6.45, 7) is 0.499. The lowest BCUT2D eigenvalue weighted by Crippen LogP contribution is -2.21. The van der Waals surface area contributed by atoms with E-state index in [0.29, 0.717) is 11.9 Å². The molecule has 2 heterocycles. The van der Waals surface area contributed by atoms with Gasteiger partial charge >= 0.3 is 0 Å². The largest absolute Gasteiger partial charge is 0.294 e. The van der Waals surface area contributed by atoms with Gasteiger partial charge in [0, 0.05) is 17.8 Å². The molecule has 0 saturated carbocycles. The Bertz CT molecular complexity index is 1350. The topological polar surface area (TPSA) is 47.8 Å². The van der Waals surface area contributed by atoms with Crippen LogP contribution in [0.3, 0.4) is 0 Å². The number of aromatic nitrogens is 3. The summed E-state index contributed by atoms with van der Waals surface area (Å²) < 4.78 is 1.65. The highest BCUT2D eigenvalue weighted by molar-refractivity contribution is 5.86. The van der Waals surface area contributed by atoms with Crippen molar-refractivity contribution in [3.63, 3.8) is 0 Å². The van der Waals surface area contributed by atoms with E-state index in [9.17, 15) is 4.79 Å². The van der Waals surface area contributed by atoms with Crippen LogP contribution in [0.15, 0.2) is 96.3 Å². The number of hydrogen-bond donors (Lipinski definition) is 0. The van der Waals surface area contributed by atoms with E-state index in [4.69, 9.17) is 0 Å². The summed E-state index contributed by atoms with van der Waals surface area (Å²) in [6, 6.07) is 24.1. The molecule has 0 fully saturated rings. The number of pyridine rings is 1. The summed E-state index contributed by atoms with van der Waals surface area (Å²) in [4.78, 5) is 21.3. The summed E-state index contributed by atoms with van der Waals surface area (Å²) in [7, 11) is 0. The Labute approximate surface area is 161 Å². The quantitative estimate of drug-likeness (QED) is 0.468. The molecule has 4 nitrogen and oxygen atoms in total. The van der Waals surface area contributed by atoms with E-state index in [-0.39, 0.29) is 5.56 Å². The van der Waals surface area contributed by atoms with E-state index in [2.05, 4.69) is 52.4 Å². The molecule has 134 valence electrons. The third-order valence-electron chi connectivity index (χ3n) is 5.01. The Morgan fingerprint density at radius 3 is 2.54 bits per heavy atom. The molecule has 0 saturated heterocycles. The van der Waals surface area contributed by atoms with Crippen molar-refractivity contribution in [2.75, 3.05) is 0 Å². The van der Waals surface area contributed by atoms with Gasteiger partial charge in [0.2, 0.25) is 0 Å². The van der Waals surface area contributed by atoms with Crippen molar-refractivity contribution >= 4 is 21.7 Å². The minimum absolute atomic E-state index is 0.0169. The van der Waals surface area contributed by atoms with Crippen molar-refractivity contribution in [1.82, 2.24) is 14.5 Å². The third kappa shape index (κ3) is 2.95. The van der Waals surface area contributed by atoms with Crippen LogP contribution < -0.4 is 5.56 Å². The molecule has 3 aromatic carbocycles. The number of nitrogens with zero attached hydrogens (tertiary/aromatic N) is 3. The lowest BCUT2D eigenvalue weighted by Gasteiger charge is -2.08. The fourth-order valence-corrected chi connectivity index (χ4v) is 3.48. The zero-order valence-electron chi connectivity index (χ0n) is 15.1. The van der Waals surface area contributed by atoms with Crippen LogP contribution in [0.1, 0.15) is 5.56 Å². The Kier molecular flexibility index (Phi) is 3.95. The number of hydrogen-bond acceptors (Lipinski definition) is 3. The zero-order chi connectivity index (χ0) is 18.9. The second-order valence-corrected chi connectivity index (χ2v) is 6.83. The fraction of sp³-hybridized carbons (Fsp3) is 0.0417. The maximum absolute atomic E-state index is 12.7. The number of benzene rings is 3. The summed E-state index contributed by atoms with van der Waals surface area (Å²) in [5.74, 6) is 0. The second-order valence-electron chi connectivity index (χ2n) is 6.83. The molecule has 0 aliphatic rings. The Balaban J connectivity index is 1.45. The monoisotopic (exact) mass is 363 g/mol. The SMILES string of the molecule is O=c1c2ccccc2ncn1Cc1ccc(-c2ccc3ccncc3c2)cc1. The van der Waals surface area contributed by atoms with E-state index in [1.165, 1.54) is 5.39 Å². The van der Waals surface area contributed by atoms with Crippen LogP contribution >= 0.6 is 0 Å².